The predicted molar refractivity (Wildman–Crippen MR) is 117 cm³/mol. The molecule has 0 bridgehead atoms. The summed E-state index contributed by atoms with van der Waals surface area (Å²) in [6.45, 7) is 8.18. The number of hydrogen-bond donors (Lipinski definition) is 0. The first kappa shape index (κ1) is 19.8. The largest absolute Gasteiger partial charge is 0.272 e. The molecule has 0 atom stereocenters. The molecule has 0 N–H and O–H groups in total. The van der Waals surface area contributed by atoms with E-state index < -0.39 is 0 Å². The molecular weight excluding hydrogens is 404 g/mol. The van der Waals surface area contributed by atoms with Gasteiger partial charge in [0.2, 0.25) is 5.82 Å². The minimum Gasteiger partial charge on any atom is -0.272 e. The van der Waals surface area contributed by atoms with E-state index in [2.05, 4.69) is 23.9 Å². The van der Waals surface area contributed by atoms with E-state index in [1.807, 2.05) is 53.8 Å². The molecule has 4 rings (SSSR count). The molecule has 3 aromatic heterocycles. The maximum Gasteiger partial charge on any atom is 0.210 e. The second-order valence-electron chi connectivity index (χ2n) is 7.26. The van der Waals surface area contributed by atoms with Gasteiger partial charge in [-0.1, -0.05) is 11.6 Å². The number of nitrogens with zero attached hydrogens (tertiary/aromatic N) is 6. The van der Waals surface area contributed by atoms with Crippen LogP contribution in [0.15, 0.2) is 23.6 Å². The number of halogens is 1. The molecule has 0 unspecified atom stereocenters. The molecule has 0 spiro atoms. The van der Waals surface area contributed by atoms with Crippen LogP contribution in [0.4, 0.5) is 0 Å². The van der Waals surface area contributed by atoms with E-state index >= 15 is 0 Å². The van der Waals surface area contributed by atoms with E-state index in [-0.39, 0.29) is 0 Å². The van der Waals surface area contributed by atoms with Gasteiger partial charge in [0, 0.05) is 35.3 Å². The molecule has 6 nitrogen and oxygen atoms in total. The van der Waals surface area contributed by atoms with Crippen LogP contribution in [0.5, 0.6) is 0 Å². The first-order chi connectivity index (χ1) is 13.8. The Hall–Kier alpha value is -2.51. The third-order valence-corrected chi connectivity index (χ3v) is 6.32. The summed E-state index contributed by atoms with van der Waals surface area (Å²) < 4.78 is 3.86. The highest BCUT2D eigenvalue weighted by atomic mass is 35.5. The van der Waals surface area contributed by atoms with Crippen molar-refractivity contribution in [3.63, 3.8) is 0 Å². The SMILES string of the molecule is Cc1csc(-c2nc(CCc3c(C)nn(C)c3C)n(-c3ccc(Cl)cc3C)n2)n1. The molecule has 0 aliphatic rings. The Balaban J connectivity index is 1.75. The van der Waals surface area contributed by atoms with Gasteiger partial charge in [0.1, 0.15) is 5.82 Å². The van der Waals surface area contributed by atoms with Crippen molar-refractivity contribution in [2.24, 2.45) is 7.05 Å². The van der Waals surface area contributed by atoms with Crippen molar-refractivity contribution in [3.05, 3.63) is 62.6 Å². The zero-order valence-electron chi connectivity index (χ0n) is 17.2. The highest BCUT2D eigenvalue weighted by Gasteiger charge is 2.18. The van der Waals surface area contributed by atoms with Crippen LogP contribution in [0.1, 0.15) is 34.0 Å². The number of benzene rings is 1. The van der Waals surface area contributed by atoms with Crippen LogP contribution < -0.4 is 0 Å². The summed E-state index contributed by atoms with van der Waals surface area (Å²) in [5.41, 5.74) is 6.53. The average Bonchev–Trinajstić information content (AvgIpc) is 3.33. The van der Waals surface area contributed by atoms with Crippen LogP contribution in [-0.4, -0.2) is 29.5 Å². The lowest BCUT2D eigenvalue weighted by Gasteiger charge is -2.09. The summed E-state index contributed by atoms with van der Waals surface area (Å²) in [6.07, 6.45) is 1.61. The molecule has 3 heterocycles. The van der Waals surface area contributed by atoms with Gasteiger partial charge in [0.05, 0.1) is 11.4 Å². The molecular formula is C21H23ClN6S. The van der Waals surface area contributed by atoms with Gasteiger partial charge < -0.3 is 0 Å². The molecule has 150 valence electrons. The molecule has 0 saturated carbocycles. The maximum absolute atomic E-state index is 6.16. The Labute approximate surface area is 179 Å². The summed E-state index contributed by atoms with van der Waals surface area (Å²) in [4.78, 5) is 9.42. The van der Waals surface area contributed by atoms with Crippen LogP contribution in [0.25, 0.3) is 16.5 Å². The fourth-order valence-electron chi connectivity index (χ4n) is 3.52. The molecule has 29 heavy (non-hydrogen) atoms. The van der Waals surface area contributed by atoms with Gasteiger partial charge >= 0.3 is 0 Å². The van der Waals surface area contributed by atoms with E-state index in [4.69, 9.17) is 21.7 Å². The van der Waals surface area contributed by atoms with Gasteiger partial charge in [-0.25, -0.2) is 14.6 Å². The molecule has 0 amide bonds. The van der Waals surface area contributed by atoms with Crippen LogP contribution in [0.3, 0.4) is 0 Å². The predicted octanol–water partition coefficient (Wildman–Crippen LogP) is 4.80. The standard InChI is InChI=1S/C21H23ClN6S/c1-12-10-16(22)6-8-18(12)28-19(9-7-17-14(3)25-27(5)15(17)4)24-20(26-28)21-23-13(2)11-29-21/h6,8,10-11H,7,9H2,1-5H3. The minimum atomic E-state index is 0.659. The zero-order chi connectivity index (χ0) is 20.7. The van der Waals surface area contributed by atoms with Crippen molar-refractivity contribution in [3.8, 4) is 16.5 Å². The van der Waals surface area contributed by atoms with Gasteiger partial charge in [-0.3, -0.25) is 4.68 Å². The average molecular weight is 427 g/mol. The highest BCUT2D eigenvalue weighted by Crippen LogP contribution is 2.25. The van der Waals surface area contributed by atoms with Crippen molar-refractivity contribution in [1.29, 1.82) is 0 Å². The van der Waals surface area contributed by atoms with Crippen LogP contribution in [-0.2, 0) is 19.9 Å². The van der Waals surface area contributed by atoms with Crippen molar-refractivity contribution in [2.45, 2.75) is 40.5 Å². The molecule has 4 aromatic rings. The Bertz CT molecular complexity index is 1190. The van der Waals surface area contributed by atoms with Crippen molar-refractivity contribution in [2.75, 3.05) is 0 Å². The van der Waals surface area contributed by atoms with E-state index in [0.717, 1.165) is 46.3 Å². The summed E-state index contributed by atoms with van der Waals surface area (Å²) in [5, 5.41) is 12.9. The van der Waals surface area contributed by atoms with E-state index in [9.17, 15) is 0 Å². The molecule has 8 heteroatoms. The van der Waals surface area contributed by atoms with Crippen molar-refractivity contribution >= 4 is 22.9 Å². The number of aromatic nitrogens is 6. The number of hydrogen-bond acceptors (Lipinski definition) is 5. The zero-order valence-corrected chi connectivity index (χ0v) is 18.8. The number of aryl methyl sites for hydroxylation is 5. The monoisotopic (exact) mass is 426 g/mol. The Morgan fingerprint density at radius 2 is 1.83 bits per heavy atom. The molecule has 0 radical (unpaired) electrons. The third kappa shape index (κ3) is 3.84. The third-order valence-electron chi connectivity index (χ3n) is 5.13. The molecule has 0 fully saturated rings. The first-order valence-corrected chi connectivity index (χ1v) is 10.7. The van der Waals surface area contributed by atoms with E-state index in [1.165, 1.54) is 11.3 Å². The highest BCUT2D eigenvalue weighted by molar-refractivity contribution is 7.13. The van der Waals surface area contributed by atoms with E-state index in [0.29, 0.717) is 10.8 Å². The van der Waals surface area contributed by atoms with Gasteiger partial charge in [-0.2, -0.15) is 5.10 Å². The summed E-state index contributed by atoms with van der Waals surface area (Å²) >= 11 is 7.73. The van der Waals surface area contributed by atoms with Crippen LogP contribution >= 0.6 is 22.9 Å². The Morgan fingerprint density at radius 3 is 2.45 bits per heavy atom. The lowest BCUT2D eigenvalue weighted by Crippen LogP contribution is -2.07. The lowest BCUT2D eigenvalue weighted by atomic mass is 10.1. The van der Waals surface area contributed by atoms with Crippen molar-refractivity contribution in [1.82, 2.24) is 29.5 Å². The van der Waals surface area contributed by atoms with Gasteiger partial charge in [-0.05, 0) is 63.4 Å². The van der Waals surface area contributed by atoms with Crippen LogP contribution in [0, 0.1) is 27.7 Å². The summed E-state index contributed by atoms with van der Waals surface area (Å²) in [6, 6.07) is 5.83. The first-order valence-electron chi connectivity index (χ1n) is 9.47. The molecule has 1 aromatic carbocycles. The lowest BCUT2D eigenvalue weighted by molar-refractivity contribution is 0.728. The Kier molecular flexibility index (Phi) is 5.27. The quantitative estimate of drug-likeness (QED) is 0.460. The minimum absolute atomic E-state index is 0.659. The van der Waals surface area contributed by atoms with Crippen molar-refractivity contribution < 1.29 is 0 Å². The maximum atomic E-state index is 6.16. The van der Waals surface area contributed by atoms with E-state index in [1.54, 1.807) is 11.3 Å². The molecule has 0 saturated heterocycles. The topological polar surface area (TPSA) is 61.4 Å². The normalized spacial score (nSPS) is 11.4. The summed E-state index contributed by atoms with van der Waals surface area (Å²) in [5.74, 6) is 1.56. The second-order valence-corrected chi connectivity index (χ2v) is 8.56. The number of thiazole rings is 1. The fraction of sp³-hybridized carbons (Fsp3) is 0.333. The molecule has 0 aliphatic heterocycles. The smallest absolute Gasteiger partial charge is 0.210 e. The number of rotatable bonds is 5. The second kappa shape index (κ2) is 7.72. The van der Waals surface area contributed by atoms with Crippen LogP contribution in [0.2, 0.25) is 5.02 Å². The van der Waals surface area contributed by atoms with Gasteiger partial charge in [-0.15, -0.1) is 16.4 Å². The Morgan fingerprint density at radius 1 is 1.03 bits per heavy atom. The fourth-order valence-corrected chi connectivity index (χ4v) is 4.47. The summed E-state index contributed by atoms with van der Waals surface area (Å²) in [7, 11) is 1.98. The van der Waals surface area contributed by atoms with Gasteiger partial charge in [0.15, 0.2) is 5.01 Å². The molecule has 0 aliphatic carbocycles. The van der Waals surface area contributed by atoms with Gasteiger partial charge in [0.25, 0.3) is 0 Å².